The van der Waals surface area contributed by atoms with Gasteiger partial charge in [-0.05, 0) is 31.3 Å². The van der Waals surface area contributed by atoms with E-state index in [1.165, 1.54) is 22.8 Å². The number of H-pyrrole nitrogens is 1. The molecule has 1 fully saturated rings. The van der Waals surface area contributed by atoms with Gasteiger partial charge in [0.05, 0.1) is 0 Å². The van der Waals surface area contributed by atoms with E-state index in [9.17, 15) is 13.2 Å². The quantitative estimate of drug-likeness (QED) is 0.552. The van der Waals surface area contributed by atoms with Crippen molar-refractivity contribution in [2.75, 3.05) is 26.2 Å². The molecule has 1 aliphatic heterocycles. The third kappa shape index (κ3) is 4.64. The highest BCUT2D eigenvalue weighted by Crippen LogP contribution is 2.19. The molecule has 1 N–H and O–H groups in total. The number of amides is 1. The number of aryl methyl sites for hydroxylation is 1. The summed E-state index contributed by atoms with van der Waals surface area (Å²) in [5.74, 6) is 0.650. The van der Waals surface area contributed by atoms with Crippen LogP contribution in [0.1, 0.15) is 12.0 Å². The summed E-state index contributed by atoms with van der Waals surface area (Å²) in [6, 6.07) is 11.1. The number of aromatic amines is 1. The van der Waals surface area contributed by atoms with Crippen molar-refractivity contribution in [3.8, 4) is 11.4 Å². The van der Waals surface area contributed by atoms with Gasteiger partial charge in [-0.2, -0.15) is 9.40 Å². The summed E-state index contributed by atoms with van der Waals surface area (Å²) in [5.41, 5.74) is 2.07. The fraction of sp³-hybridized carbons (Fsp3) is 0.333. The second kappa shape index (κ2) is 9.31. The highest BCUT2D eigenvalue weighted by Gasteiger charge is 2.30. The van der Waals surface area contributed by atoms with Gasteiger partial charge in [0.25, 0.3) is 0 Å². The lowest BCUT2D eigenvalue weighted by Gasteiger charge is -2.34. The summed E-state index contributed by atoms with van der Waals surface area (Å²) in [7, 11) is -3.60. The molecular formula is C21H24N6O3S2. The van der Waals surface area contributed by atoms with Crippen LogP contribution in [0, 0.1) is 11.7 Å². The minimum absolute atomic E-state index is 0.0404. The molecule has 0 bridgehead atoms. The molecule has 32 heavy (non-hydrogen) atoms. The predicted octanol–water partition coefficient (Wildman–Crippen LogP) is 2.23. The van der Waals surface area contributed by atoms with Crippen LogP contribution in [0.5, 0.6) is 0 Å². The standard InChI is InChI=1S/C21H24N6O3S2/c1-16-4-6-17(7-5-16)20-23-24-21(31)27(20)10-8-19(28)25-11-13-26(14-12-25)32(29,30)18-3-2-9-22-15-18/h2-7,9,15H,8,10-14H2,1H3,(H,24,31). The normalized spacial score (nSPS) is 15.1. The number of carbonyl (C=O) groups excluding carboxylic acids is 1. The van der Waals surface area contributed by atoms with Crippen LogP contribution in [0.25, 0.3) is 11.4 Å². The summed E-state index contributed by atoms with van der Waals surface area (Å²) in [4.78, 5) is 18.5. The van der Waals surface area contributed by atoms with Crippen LogP contribution in [0.4, 0.5) is 0 Å². The van der Waals surface area contributed by atoms with E-state index in [2.05, 4.69) is 15.2 Å². The molecule has 0 radical (unpaired) electrons. The van der Waals surface area contributed by atoms with Crippen molar-refractivity contribution in [3.63, 3.8) is 0 Å². The Bertz CT molecular complexity index is 1240. The molecule has 11 heteroatoms. The maximum atomic E-state index is 12.8. The minimum atomic E-state index is -3.60. The topological polar surface area (TPSA) is 104 Å². The number of carbonyl (C=O) groups is 1. The van der Waals surface area contributed by atoms with Crippen LogP contribution in [0.15, 0.2) is 53.7 Å². The highest BCUT2D eigenvalue weighted by molar-refractivity contribution is 7.89. The number of hydrogen-bond acceptors (Lipinski definition) is 6. The first-order valence-corrected chi connectivity index (χ1v) is 12.1. The van der Waals surface area contributed by atoms with E-state index in [1.54, 1.807) is 11.0 Å². The molecule has 3 aromatic rings. The zero-order valence-corrected chi connectivity index (χ0v) is 19.3. The SMILES string of the molecule is Cc1ccc(-c2n[nH]c(=S)n2CCC(=O)N2CCN(S(=O)(=O)c3cccnc3)CC2)cc1. The van der Waals surface area contributed by atoms with Crippen molar-refractivity contribution in [2.24, 2.45) is 0 Å². The molecule has 3 heterocycles. The second-order valence-electron chi connectivity index (χ2n) is 7.59. The molecule has 0 unspecified atom stereocenters. The van der Waals surface area contributed by atoms with Crippen molar-refractivity contribution < 1.29 is 13.2 Å². The van der Waals surface area contributed by atoms with Gasteiger partial charge >= 0.3 is 0 Å². The van der Waals surface area contributed by atoms with Crippen molar-refractivity contribution in [2.45, 2.75) is 24.8 Å². The highest BCUT2D eigenvalue weighted by atomic mass is 32.2. The molecule has 0 aliphatic carbocycles. The first kappa shape index (κ1) is 22.3. The Morgan fingerprint density at radius 3 is 2.50 bits per heavy atom. The average molecular weight is 473 g/mol. The molecule has 2 aromatic heterocycles. The molecule has 4 rings (SSSR count). The third-order valence-corrected chi connectivity index (χ3v) is 7.67. The van der Waals surface area contributed by atoms with Gasteiger partial charge in [0.1, 0.15) is 4.90 Å². The molecular weight excluding hydrogens is 448 g/mol. The summed E-state index contributed by atoms with van der Waals surface area (Å²) in [6.45, 7) is 3.61. The van der Waals surface area contributed by atoms with Crippen LogP contribution in [-0.2, 0) is 21.4 Å². The molecule has 168 valence electrons. The second-order valence-corrected chi connectivity index (χ2v) is 9.92. The fourth-order valence-corrected chi connectivity index (χ4v) is 5.25. The number of sulfonamides is 1. The lowest BCUT2D eigenvalue weighted by molar-refractivity contribution is -0.132. The molecule has 0 saturated carbocycles. The first-order chi connectivity index (χ1) is 15.4. The van der Waals surface area contributed by atoms with Crippen LogP contribution < -0.4 is 0 Å². The Labute approximate surface area is 191 Å². The Kier molecular flexibility index (Phi) is 6.49. The van der Waals surface area contributed by atoms with E-state index in [1.807, 2.05) is 35.8 Å². The lowest BCUT2D eigenvalue weighted by Crippen LogP contribution is -2.50. The maximum Gasteiger partial charge on any atom is 0.244 e. The monoisotopic (exact) mass is 472 g/mol. The van der Waals surface area contributed by atoms with E-state index in [4.69, 9.17) is 12.2 Å². The fourth-order valence-electron chi connectivity index (χ4n) is 3.64. The van der Waals surface area contributed by atoms with Gasteiger partial charge in [-0.3, -0.25) is 19.4 Å². The van der Waals surface area contributed by atoms with Crippen LogP contribution in [0.2, 0.25) is 0 Å². The number of rotatable bonds is 6. The summed E-state index contributed by atoms with van der Waals surface area (Å²) in [6.07, 6.45) is 3.13. The van der Waals surface area contributed by atoms with Crippen LogP contribution >= 0.6 is 12.2 Å². The van der Waals surface area contributed by atoms with Crippen LogP contribution in [-0.4, -0.2) is 69.5 Å². The Morgan fingerprint density at radius 2 is 1.84 bits per heavy atom. The largest absolute Gasteiger partial charge is 0.340 e. The van der Waals surface area contributed by atoms with Gasteiger partial charge in [-0.15, -0.1) is 0 Å². The Morgan fingerprint density at radius 1 is 1.12 bits per heavy atom. The molecule has 1 aromatic carbocycles. The minimum Gasteiger partial charge on any atom is -0.340 e. The average Bonchev–Trinajstić information content (AvgIpc) is 3.19. The number of benzene rings is 1. The zero-order chi connectivity index (χ0) is 22.7. The van der Waals surface area contributed by atoms with Gasteiger partial charge in [0.15, 0.2) is 10.6 Å². The number of aromatic nitrogens is 4. The molecule has 1 aliphatic rings. The molecule has 0 atom stereocenters. The predicted molar refractivity (Wildman–Crippen MR) is 122 cm³/mol. The van der Waals surface area contributed by atoms with Gasteiger partial charge in [-0.25, -0.2) is 8.42 Å². The maximum absolute atomic E-state index is 12.8. The van der Waals surface area contributed by atoms with Gasteiger partial charge in [-0.1, -0.05) is 29.8 Å². The van der Waals surface area contributed by atoms with Crippen molar-refractivity contribution in [1.29, 1.82) is 0 Å². The third-order valence-electron chi connectivity index (χ3n) is 5.48. The zero-order valence-electron chi connectivity index (χ0n) is 17.6. The lowest BCUT2D eigenvalue weighted by atomic mass is 10.1. The summed E-state index contributed by atoms with van der Waals surface area (Å²) < 4.78 is 29.1. The molecule has 9 nitrogen and oxygen atoms in total. The van der Waals surface area contributed by atoms with E-state index in [0.717, 1.165) is 11.1 Å². The summed E-state index contributed by atoms with van der Waals surface area (Å²) >= 11 is 5.35. The molecule has 1 amide bonds. The first-order valence-electron chi connectivity index (χ1n) is 10.3. The molecule has 1 saturated heterocycles. The summed E-state index contributed by atoms with van der Waals surface area (Å²) in [5, 5.41) is 7.12. The van der Waals surface area contributed by atoms with E-state index in [-0.39, 0.29) is 30.3 Å². The van der Waals surface area contributed by atoms with Crippen molar-refractivity contribution >= 4 is 28.1 Å². The van der Waals surface area contributed by atoms with Gasteiger partial charge in [0, 0.05) is 57.1 Å². The van der Waals surface area contributed by atoms with Gasteiger partial charge in [0.2, 0.25) is 15.9 Å². The Hall–Kier alpha value is -2.89. The Balaban J connectivity index is 1.37. The number of nitrogens with zero attached hydrogens (tertiary/aromatic N) is 5. The van der Waals surface area contributed by atoms with E-state index >= 15 is 0 Å². The van der Waals surface area contributed by atoms with Crippen LogP contribution in [0.3, 0.4) is 0 Å². The smallest absolute Gasteiger partial charge is 0.244 e. The van der Waals surface area contributed by atoms with E-state index < -0.39 is 10.0 Å². The van der Waals surface area contributed by atoms with Crippen molar-refractivity contribution in [3.05, 3.63) is 59.1 Å². The van der Waals surface area contributed by atoms with Gasteiger partial charge < -0.3 is 4.90 Å². The number of nitrogens with one attached hydrogen (secondary N) is 1. The number of piperazine rings is 1. The number of pyridine rings is 1. The molecule has 0 spiro atoms. The van der Waals surface area contributed by atoms with E-state index in [0.29, 0.717) is 30.2 Å². The van der Waals surface area contributed by atoms with Crippen molar-refractivity contribution in [1.82, 2.24) is 29.0 Å². The number of hydrogen-bond donors (Lipinski definition) is 1.